The molecular formula is C9H13NO2. The quantitative estimate of drug-likeness (QED) is 0.737. The maximum Gasteiger partial charge on any atom is 0.0852 e. The summed E-state index contributed by atoms with van der Waals surface area (Å²) in [6, 6.07) is 3.71. The smallest absolute Gasteiger partial charge is 0.0852 e. The predicted molar refractivity (Wildman–Crippen MR) is 45.6 cm³/mol. The lowest BCUT2D eigenvalue weighted by Crippen LogP contribution is -1.97. The van der Waals surface area contributed by atoms with Gasteiger partial charge in [-0.25, -0.2) is 0 Å². The zero-order valence-corrected chi connectivity index (χ0v) is 7.32. The molecule has 0 aliphatic heterocycles. The third kappa shape index (κ3) is 2.03. The summed E-state index contributed by atoms with van der Waals surface area (Å²) < 4.78 is 5.11. The van der Waals surface area contributed by atoms with Crippen molar-refractivity contribution in [1.29, 1.82) is 0 Å². The molecule has 1 N–H and O–H groups in total. The van der Waals surface area contributed by atoms with Crippen LogP contribution < -0.4 is 0 Å². The summed E-state index contributed by atoms with van der Waals surface area (Å²) in [6.07, 6.45) is 1.78. The van der Waals surface area contributed by atoms with Gasteiger partial charge in [-0.15, -0.1) is 0 Å². The van der Waals surface area contributed by atoms with Crippen LogP contribution in [0.2, 0.25) is 0 Å². The van der Waals surface area contributed by atoms with Crippen molar-refractivity contribution >= 4 is 0 Å². The molecule has 0 saturated carbocycles. The van der Waals surface area contributed by atoms with Gasteiger partial charge >= 0.3 is 0 Å². The fraction of sp³-hybridized carbons (Fsp3) is 0.444. The molecule has 0 aromatic carbocycles. The van der Waals surface area contributed by atoms with Crippen molar-refractivity contribution in [3.8, 4) is 0 Å². The average molecular weight is 167 g/mol. The Kier molecular flexibility index (Phi) is 3.19. The first-order valence-corrected chi connectivity index (χ1v) is 3.86. The van der Waals surface area contributed by atoms with Gasteiger partial charge in [0.15, 0.2) is 0 Å². The van der Waals surface area contributed by atoms with Crippen molar-refractivity contribution < 1.29 is 9.84 Å². The van der Waals surface area contributed by atoms with E-state index in [0.29, 0.717) is 5.69 Å². The highest BCUT2D eigenvalue weighted by Gasteiger charge is 2.02. The lowest BCUT2D eigenvalue weighted by molar-refractivity contribution is 0.119. The highest BCUT2D eigenvalue weighted by Crippen LogP contribution is 2.13. The Morgan fingerprint density at radius 2 is 2.33 bits per heavy atom. The molecule has 1 rings (SSSR count). The Morgan fingerprint density at radius 1 is 1.58 bits per heavy atom. The fourth-order valence-electron chi connectivity index (χ4n) is 0.906. The Balaban J connectivity index is 2.77. The van der Waals surface area contributed by atoms with Gasteiger partial charge in [-0.3, -0.25) is 4.98 Å². The number of methoxy groups -OCH3 is 1. The maximum absolute atomic E-state index is 8.73. The van der Waals surface area contributed by atoms with E-state index < -0.39 is 0 Å². The molecule has 3 heteroatoms. The van der Waals surface area contributed by atoms with E-state index in [1.165, 1.54) is 0 Å². The monoisotopic (exact) mass is 167 g/mol. The molecule has 1 atom stereocenters. The van der Waals surface area contributed by atoms with Crippen LogP contribution in [-0.2, 0) is 11.3 Å². The van der Waals surface area contributed by atoms with Crippen molar-refractivity contribution in [3.63, 3.8) is 0 Å². The van der Waals surface area contributed by atoms with Crippen LogP contribution in [0.4, 0.5) is 0 Å². The van der Waals surface area contributed by atoms with E-state index in [0.717, 1.165) is 5.56 Å². The molecule has 0 spiro atoms. The largest absolute Gasteiger partial charge is 0.390 e. The number of hydrogen-bond acceptors (Lipinski definition) is 3. The van der Waals surface area contributed by atoms with E-state index >= 15 is 0 Å². The fourth-order valence-corrected chi connectivity index (χ4v) is 0.906. The lowest BCUT2D eigenvalue weighted by Gasteiger charge is -2.08. The van der Waals surface area contributed by atoms with Crippen LogP contribution in [0.3, 0.4) is 0 Å². The minimum atomic E-state index is -0.0123. The highest BCUT2D eigenvalue weighted by atomic mass is 16.5. The molecule has 0 amide bonds. The van der Waals surface area contributed by atoms with Crippen molar-refractivity contribution in [1.82, 2.24) is 4.98 Å². The maximum atomic E-state index is 8.73. The van der Waals surface area contributed by atoms with Gasteiger partial charge in [0.05, 0.1) is 18.4 Å². The van der Waals surface area contributed by atoms with E-state index in [-0.39, 0.29) is 12.7 Å². The molecule has 12 heavy (non-hydrogen) atoms. The predicted octanol–water partition coefficient (Wildman–Crippen LogP) is 1.28. The van der Waals surface area contributed by atoms with Gasteiger partial charge in [0.1, 0.15) is 0 Å². The van der Waals surface area contributed by atoms with Gasteiger partial charge in [-0.1, -0.05) is 6.07 Å². The number of hydrogen-bond donors (Lipinski definition) is 1. The van der Waals surface area contributed by atoms with Crippen LogP contribution in [-0.4, -0.2) is 17.2 Å². The third-order valence-corrected chi connectivity index (χ3v) is 1.83. The molecule has 1 aromatic heterocycles. The van der Waals surface area contributed by atoms with Crippen LogP contribution >= 0.6 is 0 Å². The Bertz CT molecular complexity index is 233. The number of aliphatic hydroxyl groups is 1. The van der Waals surface area contributed by atoms with Crippen molar-refractivity contribution in [2.75, 3.05) is 7.11 Å². The standard InChI is InChI=1S/C9H13NO2/c1-7(12-2)8-3-4-9(6-11)10-5-8/h3-5,7,11H,6H2,1-2H3. The second-order valence-electron chi connectivity index (χ2n) is 2.62. The summed E-state index contributed by atoms with van der Waals surface area (Å²) in [5.41, 5.74) is 1.71. The minimum Gasteiger partial charge on any atom is -0.390 e. The number of aromatic nitrogens is 1. The number of rotatable bonds is 3. The van der Waals surface area contributed by atoms with E-state index in [1.54, 1.807) is 19.4 Å². The van der Waals surface area contributed by atoms with Crippen LogP contribution in [0, 0.1) is 0 Å². The third-order valence-electron chi connectivity index (χ3n) is 1.83. The highest BCUT2D eigenvalue weighted by molar-refractivity contribution is 5.15. The van der Waals surface area contributed by atoms with Gasteiger partial charge in [-0.2, -0.15) is 0 Å². The molecule has 0 fully saturated rings. The zero-order chi connectivity index (χ0) is 8.97. The molecule has 0 bridgehead atoms. The Labute approximate surface area is 72.0 Å². The zero-order valence-electron chi connectivity index (χ0n) is 7.32. The molecule has 1 heterocycles. The lowest BCUT2D eigenvalue weighted by atomic mass is 10.2. The van der Waals surface area contributed by atoms with Crippen molar-refractivity contribution in [2.24, 2.45) is 0 Å². The van der Waals surface area contributed by atoms with E-state index in [1.807, 2.05) is 13.0 Å². The van der Waals surface area contributed by atoms with Crippen LogP contribution in [0.5, 0.6) is 0 Å². The Hall–Kier alpha value is -0.930. The molecular weight excluding hydrogens is 154 g/mol. The van der Waals surface area contributed by atoms with E-state index in [9.17, 15) is 0 Å². The second kappa shape index (κ2) is 4.18. The molecule has 0 radical (unpaired) electrons. The van der Waals surface area contributed by atoms with Crippen LogP contribution in [0.25, 0.3) is 0 Å². The number of nitrogens with zero attached hydrogens (tertiary/aromatic N) is 1. The molecule has 3 nitrogen and oxygen atoms in total. The average Bonchev–Trinajstić information content (AvgIpc) is 2.17. The van der Waals surface area contributed by atoms with Crippen LogP contribution in [0.1, 0.15) is 24.3 Å². The molecule has 1 aromatic rings. The first kappa shape index (κ1) is 9.16. The summed E-state index contributed by atoms with van der Waals surface area (Å²) in [5.74, 6) is 0. The van der Waals surface area contributed by atoms with Gasteiger partial charge in [0, 0.05) is 13.3 Å². The van der Waals surface area contributed by atoms with Gasteiger partial charge < -0.3 is 9.84 Å². The number of pyridine rings is 1. The Morgan fingerprint density at radius 3 is 2.75 bits per heavy atom. The summed E-state index contributed by atoms with van der Waals surface area (Å²) in [5, 5.41) is 8.73. The molecule has 0 saturated heterocycles. The summed E-state index contributed by atoms with van der Waals surface area (Å²) >= 11 is 0. The number of aliphatic hydroxyl groups excluding tert-OH is 1. The van der Waals surface area contributed by atoms with Gasteiger partial charge in [0.25, 0.3) is 0 Å². The number of ether oxygens (including phenoxy) is 1. The summed E-state index contributed by atoms with van der Waals surface area (Å²) in [4.78, 5) is 4.04. The topological polar surface area (TPSA) is 42.4 Å². The summed E-state index contributed by atoms with van der Waals surface area (Å²) in [7, 11) is 1.66. The van der Waals surface area contributed by atoms with Crippen LogP contribution in [0.15, 0.2) is 18.3 Å². The second-order valence-corrected chi connectivity index (χ2v) is 2.62. The first-order chi connectivity index (χ1) is 5.77. The molecule has 1 unspecified atom stereocenters. The van der Waals surface area contributed by atoms with E-state index in [4.69, 9.17) is 9.84 Å². The molecule has 66 valence electrons. The molecule has 0 aliphatic carbocycles. The van der Waals surface area contributed by atoms with Crippen molar-refractivity contribution in [2.45, 2.75) is 19.6 Å². The SMILES string of the molecule is COC(C)c1ccc(CO)nc1. The normalized spacial score (nSPS) is 12.9. The van der Waals surface area contributed by atoms with Gasteiger partial charge in [-0.05, 0) is 18.6 Å². The van der Waals surface area contributed by atoms with Crippen molar-refractivity contribution in [3.05, 3.63) is 29.6 Å². The summed E-state index contributed by atoms with van der Waals surface area (Å²) in [6.45, 7) is 1.94. The van der Waals surface area contributed by atoms with E-state index in [2.05, 4.69) is 4.98 Å². The molecule has 0 aliphatic rings. The van der Waals surface area contributed by atoms with Gasteiger partial charge in [0.2, 0.25) is 0 Å². The minimum absolute atomic E-state index is 0.0123. The first-order valence-electron chi connectivity index (χ1n) is 3.86.